The van der Waals surface area contributed by atoms with Crippen LogP contribution in [0.3, 0.4) is 0 Å². The number of hydrogen-bond donors (Lipinski definition) is 1. The summed E-state index contributed by atoms with van der Waals surface area (Å²) in [5.41, 5.74) is 0.539. The Balaban J connectivity index is 2.44. The molecule has 3 nitrogen and oxygen atoms in total. The maximum atomic E-state index is 10.8. The number of carbonyl (C=O) groups is 1. The van der Waals surface area contributed by atoms with Gasteiger partial charge in [-0.3, -0.25) is 4.90 Å². The molecule has 0 aromatic carbocycles. The standard InChI is InChI=1S/C13H23NO2/c1-3-12(13(15)16)7-10-14-8-4-5-11(2)6-9-14/h7,11H,3-6,8-10H2,1-2H3,(H,15,16). The van der Waals surface area contributed by atoms with Gasteiger partial charge in [0.2, 0.25) is 0 Å². The maximum absolute atomic E-state index is 10.8. The second-order valence-corrected chi connectivity index (χ2v) is 4.72. The predicted octanol–water partition coefficient (Wildman–Crippen LogP) is 2.53. The number of carboxylic acid groups (broad SMARTS) is 1. The molecule has 0 aliphatic carbocycles. The van der Waals surface area contributed by atoms with Crippen LogP contribution >= 0.6 is 0 Å². The average molecular weight is 225 g/mol. The molecule has 0 saturated carbocycles. The van der Waals surface area contributed by atoms with E-state index in [2.05, 4.69) is 11.8 Å². The lowest BCUT2D eigenvalue weighted by Gasteiger charge is -2.18. The van der Waals surface area contributed by atoms with Crippen LogP contribution in [0.1, 0.15) is 39.5 Å². The highest BCUT2D eigenvalue weighted by molar-refractivity contribution is 5.86. The third-order valence-electron chi connectivity index (χ3n) is 3.36. The van der Waals surface area contributed by atoms with Gasteiger partial charge in [-0.2, -0.15) is 0 Å². The zero-order valence-corrected chi connectivity index (χ0v) is 10.4. The summed E-state index contributed by atoms with van der Waals surface area (Å²) in [6.45, 7) is 7.20. The van der Waals surface area contributed by atoms with Gasteiger partial charge in [-0.15, -0.1) is 0 Å². The Morgan fingerprint density at radius 3 is 2.81 bits per heavy atom. The average Bonchev–Trinajstić information content (AvgIpc) is 2.44. The smallest absolute Gasteiger partial charge is 0.331 e. The van der Waals surface area contributed by atoms with Crippen LogP contribution in [0, 0.1) is 5.92 Å². The fourth-order valence-electron chi connectivity index (χ4n) is 2.13. The molecule has 1 aliphatic heterocycles. The van der Waals surface area contributed by atoms with Crippen LogP contribution in [0.25, 0.3) is 0 Å². The van der Waals surface area contributed by atoms with Crippen molar-refractivity contribution in [2.45, 2.75) is 39.5 Å². The van der Waals surface area contributed by atoms with Crippen molar-refractivity contribution in [3.63, 3.8) is 0 Å². The van der Waals surface area contributed by atoms with Crippen molar-refractivity contribution in [1.82, 2.24) is 4.90 Å². The molecular formula is C13H23NO2. The second kappa shape index (κ2) is 6.69. The zero-order valence-electron chi connectivity index (χ0n) is 10.4. The molecule has 1 rings (SSSR count). The summed E-state index contributed by atoms with van der Waals surface area (Å²) in [6, 6.07) is 0. The minimum atomic E-state index is -0.773. The lowest BCUT2D eigenvalue weighted by Crippen LogP contribution is -2.25. The first-order chi connectivity index (χ1) is 7.63. The summed E-state index contributed by atoms with van der Waals surface area (Å²) in [6.07, 6.45) is 6.27. The van der Waals surface area contributed by atoms with E-state index in [1.165, 1.54) is 19.3 Å². The van der Waals surface area contributed by atoms with Crippen LogP contribution in [-0.4, -0.2) is 35.6 Å². The third kappa shape index (κ3) is 4.35. The molecule has 0 radical (unpaired) electrons. The first kappa shape index (κ1) is 13.2. The fraction of sp³-hybridized carbons (Fsp3) is 0.769. The van der Waals surface area contributed by atoms with Crippen LogP contribution in [0.4, 0.5) is 0 Å². The first-order valence-corrected chi connectivity index (χ1v) is 6.28. The molecule has 0 spiro atoms. The van der Waals surface area contributed by atoms with E-state index in [1.807, 2.05) is 13.0 Å². The molecule has 1 N–H and O–H groups in total. The molecule has 0 aromatic rings. The van der Waals surface area contributed by atoms with Crippen LogP contribution in [0.2, 0.25) is 0 Å². The highest BCUT2D eigenvalue weighted by Crippen LogP contribution is 2.16. The molecule has 1 saturated heterocycles. The lowest BCUT2D eigenvalue weighted by molar-refractivity contribution is -0.132. The molecule has 1 aliphatic rings. The van der Waals surface area contributed by atoms with E-state index in [9.17, 15) is 4.79 Å². The topological polar surface area (TPSA) is 40.5 Å². The lowest BCUT2D eigenvalue weighted by atomic mass is 10.0. The second-order valence-electron chi connectivity index (χ2n) is 4.72. The minimum Gasteiger partial charge on any atom is -0.478 e. The number of rotatable bonds is 4. The highest BCUT2D eigenvalue weighted by Gasteiger charge is 2.13. The van der Waals surface area contributed by atoms with Gasteiger partial charge in [0.1, 0.15) is 0 Å². The van der Waals surface area contributed by atoms with Crippen molar-refractivity contribution in [2.75, 3.05) is 19.6 Å². The molecular weight excluding hydrogens is 202 g/mol. The zero-order chi connectivity index (χ0) is 12.0. The highest BCUT2D eigenvalue weighted by atomic mass is 16.4. The summed E-state index contributed by atoms with van der Waals surface area (Å²) < 4.78 is 0. The quantitative estimate of drug-likeness (QED) is 0.747. The van der Waals surface area contributed by atoms with Gasteiger partial charge in [-0.25, -0.2) is 4.79 Å². The molecule has 16 heavy (non-hydrogen) atoms. The Kier molecular flexibility index (Phi) is 5.53. The summed E-state index contributed by atoms with van der Waals surface area (Å²) in [4.78, 5) is 13.2. The van der Waals surface area contributed by atoms with E-state index in [-0.39, 0.29) is 0 Å². The van der Waals surface area contributed by atoms with Crippen molar-refractivity contribution < 1.29 is 9.90 Å². The third-order valence-corrected chi connectivity index (χ3v) is 3.36. The molecule has 1 unspecified atom stereocenters. The SMILES string of the molecule is CCC(=CCN1CCCC(C)CC1)C(=O)O. The molecule has 0 amide bonds. The van der Waals surface area contributed by atoms with Gasteiger partial charge in [0.25, 0.3) is 0 Å². The molecule has 1 fully saturated rings. The van der Waals surface area contributed by atoms with Crippen molar-refractivity contribution in [1.29, 1.82) is 0 Å². The van der Waals surface area contributed by atoms with Crippen LogP contribution in [0.15, 0.2) is 11.6 Å². The van der Waals surface area contributed by atoms with Gasteiger partial charge in [0, 0.05) is 12.1 Å². The number of hydrogen-bond acceptors (Lipinski definition) is 2. The summed E-state index contributed by atoms with van der Waals surface area (Å²) in [7, 11) is 0. The van der Waals surface area contributed by atoms with Crippen LogP contribution in [0.5, 0.6) is 0 Å². The van der Waals surface area contributed by atoms with Crippen molar-refractivity contribution in [2.24, 2.45) is 5.92 Å². The van der Waals surface area contributed by atoms with Gasteiger partial charge >= 0.3 is 5.97 Å². The Morgan fingerprint density at radius 1 is 1.44 bits per heavy atom. The molecule has 0 aromatic heterocycles. The summed E-state index contributed by atoms with van der Waals surface area (Å²) in [5, 5.41) is 8.91. The first-order valence-electron chi connectivity index (χ1n) is 6.28. The van der Waals surface area contributed by atoms with E-state index in [4.69, 9.17) is 5.11 Å². The Hall–Kier alpha value is -0.830. The van der Waals surface area contributed by atoms with Crippen LogP contribution < -0.4 is 0 Å². The van der Waals surface area contributed by atoms with Gasteiger partial charge in [0.15, 0.2) is 0 Å². The van der Waals surface area contributed by atoms with Crippen molar-refractivity contribution >= 4 is 5.97 Å². The van der Waals surface area contributed by atoms with Crippen molar-refractivity contribution in [3.8, 4) is 0 Å². The number of carboxylic acids is 1. The predicted molar refractivity (Wildman–Crippen MR) is 65.5 cm³/mol. The minimum absolute atomic E-state index is 0.539. The fourth-order valence-corrected chi connectivity index (χ4v) is 2.13. The Labute approximate surface area is 98.1 Å². The molecule has 92 valence electrons. The summed E-state index contributed by atoms with van der Waals surface area (Å²) >= 11 is 0. The van der Waals surface area contributed by atoms with Gasteiger partial charge in [0.05, 0.1) is 0 Å². The van der Waals surface area contributed by atoms with E-state index in [1.54, 1.807) is 0 Å². The Morgan fingerprint density at radius 2 is 2.19 bits per heavy atom. The Bertz CT molecular complexity index is 261. The normalized spacial score (nSPS) is 24.1. The van der Waals surface area contributed by atoms with E-state index in [0.29, 0.717) is 12.0 Å². The molecule has 0 bridgehead atoms. The van der Waals surface area contributed by atoms with Crippen LogP contribution in [-0.2, 0) is 4.79 Å². The van der Waals surface area contributed by atoms with E-state index < -0.39 is 5.97 Å². The summed E-state index contributed by atoms with van der Waals surface area (Å²) in [5.74, 6) is 0.0461. The van der Waals surface area contributed by atoms with Gasteiger partial charge in [-0.05, 0) is 44.7 Å². The molecule has 1 atom stereocenters. The maximum Gasteiger partial charge on any atom is 0.331 e. The monoisotopic (exact) mass is 225 g/mol. The van der Waals surface area contributed by atoms with Gasteiger partial charge < -0.3 is 5.11 Å². The van der Waals surface area contributed by atoms with E-state index in [0.717, 1.165) is 25.6 Å². The number of likely N-dealkylation sites (tertiary alicyclic amines) is 1. The van der Waals surface area contributed by atoms with E-state index >= 15 is 0 Å². The number of nitrogens with zero attached hydrogens (tertiary/aromatic N) is 1. The van der Waals surface area contributed by atoms with Crippen molar-refractivity contribution in [3.05, 3.63) is 11.6 Å². The largest absolute Gasteiger partial charge is 0.478 e. The number of aliphatic carboxylic acids is 1. The molecule has 1 heterocycles. The molecule has 3 heteroatoms. The van der Waals surface area contributed by atoms with Gasteiger partial charge in [-0.1, -0.05) is 19.9 Å².